The molecule has 2 aromatic rings. The van der Waals surface area contributed by atoms with Gasteiger partial charge in [0, 0.05) is 18.8 Å². The molecule has 8 heteroatoms. The molecule has 6 rings (SSSR count). The average molecular weight is 507 g/mol. The van der Waals surface area contributed by atoms with Crippen LogP contribution in [0.15, 0.2) is 41.8 Å². The lowest BCUT2D eigenvalue weighted by Gasteiger charge is -2.51. The summed E-state index contributed by atoms with van der Waals surface area (Å²) in [5, 5.41) is 1.94. The number of rotatable bonds is 7. The number of hydrogen-bond acceptors (Lipinski definition) is 5. The minimum absolute atomic E-state index is 0. The second-order valence-corrected chi connectivity index (χ2v) is 10.8. The molecular weight excluding hydrogens is 475 g/mol. The van der Waals surface area contributed by atoms with E-state index >= 15 is 0 Å². The molecule has 4 aliphatic rings. The number of hydrogen-bond donors (Lipinski definition) is 0. The molecule has 1 unspecified atom stereocenters. The number of ketones is 1. The van der Waals surface area contributed by atoms with Crippen molar-refractivity contribution in [1.29, 1.82) is 0 Å². The van der Waals surface area contributed by atoms with Crippen LogP contribution in [0.3, 0.4) is 0 Å². The van der Waals surface area contributed by atoms with Crippen molar-refractivity contribution in [3.63, 3.8) is 0 Å². The number of nitrogens with zero attached hydrogens (tertiary/aromatic N) is 2. The summed E-state index contributed by atoms with van der Waals surface area (Å²) in [7, 11) is 0. The van der Waals surface area contributed by atoms with E-state index in [-0.39, 0.29) is 36.1 Å². The van der Waals surface area contributed by atoms with Gasteiger partial charge in [-0.2, -0.15) is 0 Å². The van der Waals surface area contributed by atoms with Crippen LogP contribution in [0, 0.1) is 11.7 Å². The Bertz CT molecular complexity index is 970. The number of esters is 1. The van der Waals surface area contributed by atoms with Gasteiger partial charge in [-0.3, -0.25) is 9.69 Å². The Morgan fingerprint density at radius 1 is 1.09 bits per heavy atom. The van der Waals surface area contributed by atoms with E-state index in [0.29, 0.717) is 19.0 Å². The molecule has 0 radical (unpaired) electrons. The molecule has 0 N–H and O–H groups in total. The van der Waals surface area contributed by atoms with Gasteiger partial charge in [-0.15, -0.1) is 11.3 Å². The molecule has 4 fully saturated rings. The minimum atomic E-state index is -0.498. The van der Waals surface area contributed by atoms with Crippen LogP contribution in [0.5, 0.6) is 0 Å². The van der Waals surface area contributed by atoms with Crippen molar-refractivity contribution >= 4 is 23.1 Å². The fraction of sp³-hybridized carbons (Fsp3) is 0.538. The van der Waals surface area contributed by atoms with Crippen LogP contribution in [-0.4, -0.2) is 66.5 Å². The molecule has 2 bridgehead atoms. The molecule has 0 spiro atoms. The van der Waals surface area contributed by atoms with Gasteiger partial charge >= 0.3 is 5.97 Å². The fourth-order valence-corrected chi connectivity index (χ4v) is 6.58. The molecule has 0 aliphatic carbocycles. The van der Waals surface area contributed by atoms with Crippen LogP contribution in [-0.2, 0) is 9.53 Å². The standard InChI is InChI=1S/C26H32FN2O3S.ClH/c27-21-8-6-20(7-9-21)25(28-12-2-1-3-13-28)26(31)32-23-18-29(14-10-19(23)11-15-29)17-22(30)24-5-4-16-33-24;/h4-9,16,19,23,25H,1-3,10-15,17-18H2;1H/q+1;/p-1/t19?,23-,25?,29?;/m0./s1. The van der Waals surface area contributed by atoms with Gasteiger partial charge in [-0.1, -0.05) is 24.6 Å². The van der Waals surface area contributed by atoms with Gasteiger partial charge in [0.2, 0.25) is 5.78 Å². The molecule has 5 heterocycles. The zero-order valence-corrected chi connectivity index (χ0v) is 20.9. The summed E-state index contributed by atoms with van der Waals surface area (Å²) >= 11 is 1.49. The van der Waals surface area contributed by atoms with E-state index < -0.39 is 6.04 Å². The Morgan fingerprint density at radius 2 is 1.79 bits per heavy atom. The summed E-state index contributed by atoms with van der Waals surface area (Å²) in [6, 6.07) is 9.57. The third-order valence-corrected chi connectivity index (χ3v) is 8.66. The highest BCUT2D eigenvalue weighted by Crippen LogP contribution is 2.37. The highest BCUT2D eigenvalue weighted by molar-refractivity contribution is 7.12. The van der Waals surface area contributed by atoms with E-state index in [2.05, 4.69) is 4.90 Å². The number of thiophene rings is 1. The first-order valence-corrected chi connectivity index (χ1v) is 13.0. The number of piperidine rings is 4. The van der Waals surface area contributed by atoms with Crippen LogP contribution in [0.1, 0.15) is 53.4 Å². The number of fused-ring (bicyclic) bond motifs is 3. The summed E-state index contributed by atoms with van der Waals surface area (Å²) in [6.45, 7) is 4.84. The zero-order valence-electron chi connectivity index (χ0n) is 19.3. The second-order valence-electron chi connectivity index (χ2n) is 9.89. The van der Waals surface area contributed by atoms with Gasteiger partial charge in [0.05, 0.1) is 18.0 Å². The van der Waals surface area contributed by atoms with Gasteiger partial charge in [-0.05, 0) is 55.1 Å². The van der Waals surface area contributed by atoms with Crippen molar-refractivity contribution in [2.24, 2.45) is 5.92 Å². The number of Topliss-reactive ketones (excluding diaryl/α,β-unsaturated/α-hetero) is 1. The first-order chi connectivity index (χ1) is 16.0. The Balaban J connectivity index is 0.00000274. The second kappa shape index (κ2) is 10.9. The number of benzene rings is 1. The van der Waals surface area contributed by atoms with Gasteiger partial charge in [-0.25, -0.2) is 9.18 Å². The lowest BCUT2D eigenvalue weighted by Crippen LogP contribution is -3.00. The number of ether oxygens (including phenoxy) is 1. The Kier molecular flexibility index (Phi) is 8.08. The molecule has 1 aromatic heterocycles. The molecule has 0 amide bonds. The van der Waals surface area contributed by atoms with Crippen molar-refractivity contribution in [1.82, 2.24) is 4.90 Å². The summed E-state index contributed by atoms with van der Waals surface area (Å²) < 4.78 is 20.5. The summed E-state index contributed by atoms with van der Waals surface area (Å²) in [5.74, 6) is 0.0164. The van der Waals surface area contributed by atoms with E-state index in [0.717, 1.165) is 66.8 Å². The van der Waals surface area contributed by atoms with E-state index in [1.807, 2.05) is 17.5 Å². The maximum absolute atomic E-state index is 13.6. The fourth-order valence-electron chi connectivity index (χ4n) is 5.93. The Labute approximate surface area is 210 Å². The molecule has 5 nitrogen and oxygen atoms in total. The minimum Gasteiger partial charge on any atom is -1.00 e. The molecule has 1 aromatic carbocycles. The lowest BCUT2D eigenvalue weighted by molar-refractivity contribution is -0.938. The average Bonchev–Trinajstić information content (AvgIpc) is 3.37. The van der Waals surface area contributed by atoms with Gasteiger partial charge in [0.1, 0.15) is 24.9 Å². The van der Waals surface area contributed by atoms with E-state index in [9.17, 15) is 14.0 Å². The largest absolute Gasteiger partial charge is 1.00 e. The summed E-state index contributed by atoms with van der Waals surface area (Å²) in [5.41, 5.74) is 0.793. The first-order valence-electron chi connectivity index (χ1n) is 12.1. The highest BCUT2D eigenvalue weighted by Gasteiger charge is 2.49. The quantitative estimate of drug-likeness (QED) is 0.324. The third-order valence-electron chi connectivity index (χ3n) is 7.75. The van der Waals surface area contributed by atoms with Crippen molar-refractivity contribution in [2.75, 3.05) is 39.3 Å². The highest BCUT2D eigenvalue weighted by atomic mass is 35.5. The molecule has 4 aliphatic heterocycles. The monoisotopic (exact) mass is 506 g/mol. The molecule has 34 heavy (non-hydrogen) atoms. The van der Waals surface area contributed by atoms with Crippen LogP contribution in [0.25, 0.3) is 0 Å². The predicted octanol–water partition coefficient (Wildman–Crippen LogP) is 1.45. The summed E-state index contributed by atoms with van der Waals surface area (Å²) in [4.78, 5) is 29.4. The number of quaternary nitrogens is 1. The van der Waals surface area contributed by atoms with Crippen molar-refractivity contribution in [3.05, 3.63) is 58.0 Å². The van der Waals surface area contributed by atoms with Crippen molar-refractivity contribution < 1.29 is 35.6 Å². The molecule has 2 atom stereocenters. The van der Waals surface area contributed by atoms with Crippen LogP contribution >= 0.6 is 11.3 Å². The number of halogens is 2. The first kappa shape index (κ1) is 25.3. The molecular formula is C26H32ClFN2O3S. The van der Waals surface area contributed by atoms with Crippen molar-refractivity contribution in [3.8, 4) is 0 Å². The maximum Gasteiger partial charge on any atom is 0.328 e. The molecule has 4 saturated heterocycles. The van der Waals surface area contributed by atoms with E-state index in [1.165, 1.54) is 29.9 Å². The predicted molar refractivity (Wildman–Crippen MR) is 126 cm³/mol. The Morgan fingerprint density at radius 3 is 2.44 bits per heavy atom. The van der Waals surface area contributed by atoms with Gasteiger partial charge in [0.15, 0.2) is 6.10 Å². The normalized spacial score (nSPS) is 27.6. The van der Waals surface area contributed by atoms with Crippen LogP contribution in [0.4, 0.5) is 4.39 Å². The van der Waals surface area contributed by atoms with E-state index in [4.69, 9.17) is 4.74 Å². The van der Waals surface area contributed by atoms with Gasteiger partial charge in [0.25, 0.3) is 0 Å². The maximum atomic E-state index is 13.6. The van der Waals surface area contributed by atoms with Crippen LogP contribution in [0.2, 0.25) is 0 Å². The Hall–Kier alpha value is -1.80. The molecule has 0 saturated carbocycles. The topological polar surface area (TPSA) is 46.6 Å². The number of likely N-dealkylation sites (tertiary alicyclic amines) is 1. The smallest absolute Gasteiger partial charge is 0.328 e. The summed E-state index contributed by atoms with van der Waals surface area (Å²) in [6.07, 6.45) is 5.10. The van der Waals surface area contributed by atoms with Gasteiger partial charge < -0.3 is 21.6 Å². The number of carbonyl (C=O) groups excluding carboxylic acids is 2. The third kappa shape index (κ3) is 5.38. The van der Waals surface area contributed by atoms with E-state index in [1.54, 1.807) is 12.1 Å². The van der Waals surface area contributed by atoms with Crippen LogP contribution < -0.4 is 12.4 Å². The van der Waals surface area contributed by atoms with Crippen molar-refractivity contribution in [2.45, 2.75) is 44.2 Å². The SMILES string of the molecule is O=C(C[N+]12CCC(CC1)[C@@H](OC(=O)C(c1ccc(F)cc1)N1CCCCC1)C2)c1cccs1.[Cl-]. The number of carbonyl (C=O) groups is 2. The molecule has 184 valence electrons. The lowest BCUT2D eigenvalue weighted by atomic mass is 9.83. The zero-order chi connectivity index (χ0) is 22.8.